The Morgan fingerprint density at radius 1 is 1.41 bits per heavy atom. The summed E-state index contributed by atoms with van der Waals surface area (Å²) in [5.74, 6) is -0.570. The Kier molecular flexibility index (Phi) is 3.04. The molecule has 94 valence electrons. The van der Waals surface area contributed by atoms with Gasteiger partial charge in [-0.1, -0.05) is 24.3 Å². The summed E-state index contributed by atoms with van der Waals surface area (Å²) in [4.78, 5) is 0. The molecule has 0 saturated carbocycles. The van der Waals surface area contributed by atoms with Crippen molar-refractivity contribution in [3.05, 3.63) is 36.5 Å². The maximum atomic E-state index is 6.10. The van der Waals surface area contributed by atoms with E-state index in [0.717, 1.165) is 24.8 Å². The molecule has 0 aliphatic carbocycles. The quantitative estimate of drug-likeness (QED) is 0.677. The molecule has 2 saturated heterocycles. The van der Waals surface area contributed by atoms with Crippen molar-refractivity contribution in [3.8, 4) is 0 Å². The molecule has 0 N–H and O–H groups in total. The Morgan fingerprint density at radius 3 is 2.65 bits per heavy atom. The third-order valence-electron chi connectivity index (χ3n) is 3.63. The van der Waals surface area contributed by atoms with Crippen LogP contribution in [0.25, 0.3) is 0 Å². The Labute approximate surface area is 104 Å². The first kappa shape index (κ1) is 12.6. The summed E-state index contributed by atoms with van der Waals surface area (Å²) in [5.41, 5.74) is 2.05. The average molecular weight is 234 g/mol. The number of ether oxygens (including phenoxy) is 2. The van der Waals surface area contributed by atoms with Gasteiger partial charge in [0.25, 0.3) is 0 Å². The zero-order valence-electron chi connectivity index (χ0n) is 11.1. The number of hydrogen-bond donors (Lipinski definition) is 0. The molecule has 2 fully saturated rings. The zero-order valence-corrected chi connectivity index (χ0v) is 11.1. The van der Waals surface area contributed by atoms with Gasteiger partial charge in [0.2, 0.25) is 0 Å². The van der Waals surface area contributed by atoms with E-state index in [9.17, 15) is 0 Å². The normalized spacial score (nSPS) is 40.9. The molecule has 2 heteroatoms. The SMILES string of the molecule is C=C[C@]1(C)CC[C@@]2(O[C@H](C=C(C)C)CC2=C)O1. The van der Waals surface area contributed by atoms with Gasteiger partial charge in [-0.05, 0) is 32.8 Å². The molecule has 2 nitrogen and oxygen atoms in total. The van der Waals surface area contributed by atoms with Crippen molar-refractivity contribution in [2.45, 2.75) is 57.5 Å². The van der Waals surface area contributed by atoms with Crippen LogP contribution in [0.2, 0.25) is 0 Å². The van der Waals surface area contributed by atoms with Crippen molar-refractivity contribution in [2.24, 2.45) is 0 Å². The molecule has 0 amide bonds. The van der Waals surface area contributed by atoms with Crippen LogP contribution in [-0.4, -0.2) is 17.5 Å². The molecule has 2 rings (SSSR count). The van der Waals surface area contributed by atoms with Gasteiger partial charge in [0.05, 0.1) is 11.7 Å². The summed E-state index contributed by atoms with van der Waals surface area (Å²) in [5, 5.41) is 0. The van der Waals surface area contributed by atoms with Crippen LogP contribution < -0.4 is 0 Å². The fourth-order valence-corrected chi connectivity index (χ4v) is 2.60. The first-order valence-corrected chi connectivity index (χ1v) is 6.24. The van der Waals surface area contributed by atoms with E-state index >= 15 is 0 Å². The molecular weight excluding hydrogens is 212 g/mol. The van der Waals surface area contributed by atoms with Crippen molar-refractivity contribution in [2.75, 3.05) is 0 Å². The second kappa shape index (κ2) is 4.11. The van der Waals surface area contributed by atoms with Gasteiger partial charge in [0.15, 0.2) is 5.79 Å². The van der Waals surface area contributed by atoms with Crippen molar-refractivity contribution >= 4 is 0 Å². The molecule has 2 heterocycles. The van der Waals surface area contributed by atoms with Gasteiger partial charge < -0.3 is 9.47 Å². The Morgan fingerprint density at radius 2 is 2.12 bits per heavy atom. The van der Waals surface area contributed by atoms with Crippen LogP contribution in [0.4, 0.5) is 0 Å². The maximum Gasteiger partial charge on any atom is 0.192 e. The van der Waals surface area contributed by atoms with Crippen LogP contribution in [-0.2, 0) is 9.47 Å². The lowest BCUT2D eigenvalue weighted by atomic mass is 9.99. The lowest BCUT2D eigenvalue weighted by Crippen LogP contribution is -2.33. The van der Waals surface area contributed by atoms with Crippen LogP contribution >= 0.6 is 0 Å². The molecule has 3 atom stereocenters. The number of allylic oxidation sites excluding steroid dienone is 1. The fourth-order valence-electron chi connectivity index (χ4n) is 2.60. The third kappa shape index (κ3) is 2.24. The summed E-state index contributed by atoms with van der Waals surface area (Å²) in [6, 6.07) is 0. The molecular formula is C15H22O2. The Bertz CT molecular complexity index is 378. The molecule has 0 radical (unpaired) electrons. The largest absolute Gasteiger partial charge is 0.338 e. The van der Waals surface area contributed by atoms with E-state index in [4.69, 9.17) is 9.47 Å². The van der Waals surface area contributed by atoms with E-state index in [1.165, 1.54) is 5.57 Å². The van der Waals surface area contributed by atoms with Gasteiger partial charge in [-0.3, -0.25) is 0 Å². The molecule has 0 bridgehead atoms. The second-order valence-electron chi connectivity index (χ2n) is 5.58. The lowest BCUT2D eigenvalue weighted by molar-refractivity contribution is -0.204. The predicted octanol–water partition coefficient (Wildman–Crippen LogP) is 3.75. The highest BCUT2D eigenvalue weighted by atomic mass is 16.7. The summed E-state index contributed by atoms with van der Waals surface area (Å²) < 4.78 is 12.2. The molecule has 17 heavy (non-hydrogen) atoms. The molecule has 1 spiro atoms. The van der Waals surface area contributed by atoms with Gasteiger partial charge in [0.1, 0.15) is 0 Å². The molecule has 0 aromatic heterocycles. The monoisotopic (exact) mass is 234 g/mol. The molecule has 0 aromatic rings. The van der Waals surface area contributed by atoms with Crippen molar-refractivity contribution in [1.82, 2.24) is 0 Å². The molecule has 0 aromatic carbocycles. The summed E-state index contributed by atoms with van der Waals surface area (Å²) in [7, 11) is 0. The maximum absolute atomic E-state index is 6.10. The lowest BCUT2D eigenvalue weighted by Gasteiger charge is -2.28. The smallest absolute Gasteiger partial charge is 0.192 e. The van der Waals surface area contributed by atoms with Gasteiger partial charge in [-0.2, -0.15) is 0 Å². The average Bonchev–Trinajstić information content (AvgIpc) is 2.70. The summed E-state index contributed by atoms with van der Waals surface area (Å²) in [6.07, 6.45) is 6.80. The molecule has 2 aliphatic rings. The third-order valence-corrected chi connectivity index (χ3v) is 3.63. The standard InChI is InChI=1S/C15H22O2/c1-6-14(5)7-8-15(17-14)12(4)10-13(16-15)9-11(2)3/h6,9,13H,1,4,7-8,10H2,2-3,5H3/t13-,14-,15-/m1/s1. The van der Waals surface area contributed by atoms with Crippen molar-refractivity contribution in [1.29, 1.82) is 0 Å². The van der Waals surface area contributed by atoms with Crippen LogP contribution in [0.5, 0.6) is 0 Å². The summed E-state index contributed by atoms with van der Waals surface area (Å²) >= 11 is 0. The fraction of sp³-hybridized carbons (Fsp3) is 0.600. The Hall–Kier alpha value is -0.860. The van der Waals surface area contributed by atoms with E-state index < -0.39 is 5.79 Å². The number of rotatable bonds is 2. The highest BCUT2D eigenvalue weighted by Gasteiger charge is 2.52. The van der Waals surface area contributed by atoms with Gasteiger partial charge in [-0.15, -0.1) is 6.58 Å². The van der Waals surface area contributed by atoms with Crippen LogP contribution in [0.3, 0.4) is 0 Å². The van der Waals surface area contributed by atoms with Gasteiger partial charge in [0, 0.05) is 12.8 Å². The minimum Gasteiger partial charge on any atom is -0.338 e. The van der Waals surface area contributed by atoms with E-state index in [1.54, 1.807) is 0 Å². The highest BCUT2D eigenvalue weighted by molar-refractivity contribution is 5.23. The van der Waals surface area contributed by atoms with Crippen molar-refractivity contribution in [3.63, 3.8) is 0 Å². The number of hydrogen-bond acceptors (Lipinski definition) is 2. The zero-order chi connectivity index (χ0) is 12.7. The molecule has 2 aliphatic heterocycles. The van der Waals surface area contributed by atoms with Crippen molar-refractivity contribution < 1.29 is 9.47 Å². The second-order valence-corrected chi connectivity index (χ2v) is 5.58. The van der Waals surface area contributed by atoms with Gasteiger partial charge >= 0.3 is 0 Å². The minimum atomic E-state index is -0.570. The first-order chi connectivity index (χ1) is 7.89. The Balaban J connectivity index is 2.16. The topological polar surface area (TPSA) is 18.5 Å². The van der Waals surface area contributed by atoms with E-state index in [2.05, 4.69) is 40.0 Å². The van der Waals surface area contributed by atoms with E-state index in [0.29, 0.717) is 0 Å². The van der Waals surface area contributed by atoms with Crippen LogP contribution in [0.1, 0.15) is 40.0 Å². The molecule has 0 unspecified atom stereocenters. The van der Waals surface area contributed by atoms with Crippen LogP contribution in [0, 0.1) is 0 Å². The van der Waals surface area contributed by atoms with Crippen LogP contribution in [0.15, 0.2) is 36.5 Å². The minimum absolute atomic E-state index is 0.111. The predicted molar refractivity (Wildman–Crippen MR) is 69.7 cm³/mol. The summed E-state index contributed by atoms with van der Waals surface area (Å²) in [6.45, 7) is 14.2. The first-order valence-electron chi connectivity index (χ1n) is 6.24. The highest BCUT2D eigenvalue weighted by Crippen LogP contribution is 2.49. The van der Waals surface area contributed by atoms with E-state index in [1.807, 2.05) is 6.08 Å². The van der Waals surface area contributed by atoms with E-state index in [-0.39, 0.29) is 11.7 Å². The van der Waals surface area contributed by atoms with Gasteiger partial charge in [-0.25, -0.2) is 0 Å².